The fourth-order valence-corrected chi connectivity index (χ4v) is 5.70. The molecular weight excluding hydrogens is 352 g/mol. The van der Waals surface area contributed by atoms with E-state index < -0.39 is 15.8 Å². The molecule has 0 saturated heterocycles. The van der Waals surface area contributed by atoms with E-state index >= 15 is 0 Å². The van der Waals surface area contributed by atoms with Gasteiger partial charge in [0.2, 0.25) is 0 Å². The summed E-state index contributed by atoms with van der Waals surface area (Å²) in [5.74, 6) is -0.476. The zero-order chi connectivity index (χ0) is 18.6. The van der Waals surface area contributed by atoms with Crippen molar-refractivity contribution in [1.29, 1.82) is 0 Å². The molecule has 0 fully saturated rings. The van der Waals surface area contributed by atoms with E-state index in [9.17, 15) is 13.2 Å². The normalized spacial score (nSPS) is 17.0. The van der Waals surface area contributed by atoms with Crippen LogP contribution in [-0.4, -0.2) is 19.0 Å². The van der Waals surface area contributed by atoms with Gasteiger partial charge in [0, 0.05) is 18.7 Å². The number of rotatable bonds is 3. The number of fused-ring (bicyclic) bond motifs is 2. The molecule has 0 amide bonds. The number of aryl methyl sites for hydroxylation is 2. The van der Waals surface area contributed by atoms with E-state index in [-0.39, 0.29) is 10.9 Å². The smallest absolute Gasteiger partial charge is 0.408 e. The van der Waals surface area contributed by atoms with Gasteiger partial charge in [-0.25, -0.2) is 13.2 Å². The Hall–Kier alpha value is -2.54. The Morgan fingerprint density at radius 3 is 2.69 bits per heavy atom. The van der Waals surface area contributed by atoms with E-state index in [0.29, 0.717) is 35.3 Å². The van der Waals surface area contributed by atoms with Crippen molar-refractivity contribution in [3.05, 3.63) is 58.1 Å². The van der Waals surface area contributed by atoms with Gasteiger partial charge in [-0.2, -0.15) is 0 Å². The molecule has 1 aromatic heterocycles. The Labute approximate surface area is 151 Å². The predicted molar refractivity (Wildman–Crippen MR) is 100 cm³/mol. The summed E-state index contributed by atoms with van der Waals surface area (Å²) in [6.07, 6.45) is 0.679. The first-order valence-corrected chi connectivity index (χ1v) is 10.0. The van der Waals surface area contributed by atoms with E-state index in [1.54, 1.807) is 13.0 Å². The number of oxazole rings is 1. The van der Waals surface area contributed by atoms with Gasteiger partial charge in [0.05, 0.1) is 16.1 Å². The molecule has 4 rings (SSSR count). The highest BCUT2D eigenvalue weighted by molar-refractivity contribution is 7.93. The molecule has 0 N–H and O–H groups in total. The van der Waals surface area contributed by atoms with Gasteiger partial charge >= 0.3 is 5.76 Å². The average molecular weight is 372 g/mol. The van der Waals surface area contributed by atoms with E-state index in [2.05, 4.69) is 0 Å². The molecule has 0 spiro atoms. The molecule has 2 aromatic carbocycles. The van der Waals surface area contributed by atoms with Gasteiger partial charge in [-0.1, -0.05) is 18.2 Å². The molecule has 1 atom stereocenters. The topological polar surface area (TPSA) is 72.5 Å². The highest BCUT2D eigenvalue weighted by Crippen LogP contribution is 2.37. The largest absolute Gasteiger partial charge is 0.419 e. The van der Waals surface area contributed by atoms with Crippen LogP contribution in [0.5, 0.6) is 0 Å². The third-order valence-corrected chi connectivity index (χ3v) is 7.03. The van der Waals surface area contributed by atoms with Crippen LogP contribution in [0.2, 0.25) is 0 Å². The van der Waals surface area contributed by atoms with Crippen molar-refractivity contribution in [3.8, 4) is 0 Å². The number of aromatic nitrogens is 1. The molecule has 2 heterocycles. The monoisotopic (exact) mass is 372 g/mol. The highest BCUT2D eigenvalue weighted by atomic mass is 32.2. The minimum atomic E-state index is -3.77. The van der Waals surface area contributed by atoms with Crippen molar-refractivity contribution in [2.75, 3.05) is 4.31 Å². The number of anilines is 1. The van der Waals surface area contributed by atoms with Crippen molar-refractivity contribution in [3.63, 3.8) is 0 Å². The minimum absolute atomic E-state index is 0.167. The number of nitrogens with zero attached hydrogens (tertiary/aromatic N) is 2. The van der Waals surface area contributed by atoms with Crippen molar-refractivity contribution >= 4 is 26.8 Å². The quantitative estimate of drug-likeness (QED) is 0.708. The maximum Gasteiger partial charge on any atom is 0.419 e. The van der Waals surface area contributed by atoms with E-state index in [1.807, 2.05) is 38.1 Å². The van der Waals surface area contributed by atoms with Gasteiger partial charge in [0.25, 0.3) is 10.0 Å². The van der Waals surface area contributed by atoms with Crippen LogP contribution in [0.15, 0.2) is 50.5 Å². The molecule has 6 nitrogen and oxygen atoms in total. The first-order chi connectivity index (χ1) is 12.3. The Kier molecular flexibility index (Phi) is 3.73. The maximum absolute atomic E-state index is 13.4. The number of hydrogen-bond acceptors (Lipinski definition) is 4. The molecule has 3 aromatic rings. The van der Waals surface area contributed by atoms with Crippen LogP contribution in [0.4, 0.5) is 5.69 Å². The molecule has 7 heteroatoms. The highest BCUT2D eigenvalue weighted by Gasteiger charge is 2.37. The number of para-hydroxylation sites is 1. The lowest BCUT2D eigenvalue weighted by atomic mass is 10.1. The van der Waals surface area contributed by atoms with Crippen LogP contribution in [0.25, 0.3) is 11.1 Å². The summed E-state index contributed by atoms with van der Waals surface area (Å²) < 4.78 is 35.1. The van der Waals surface area contributed by atoms with E-state index in [1.165, 1.54) is 14.9 Å². The van der Waals surface area contributed by atoms with Crippen LogP contribution in [0, 0.1) is 6.92 Å². The standard InChI is InChI=1S/C19H20N2O4S/c1-4-20-16-9-12(2)18(11-17(16)25-19(20)22)26(23,24)21-13(3)10-14-7-5-6-8-15(14)21/h5-9,11,13H,4,10H2,1-3H3. The molecule has 0 aliphatic carbocycles. The van der Waals surface area contributed by atoms with Crippen LogP contribution in [0.1, 0.15) is 25.0 Å². The number of sulfonamides is 1. The average Bonchev–Trinajstić information content (AvgIpc) is 3.08. The Balaban J connectivity index is 1.92. The zero-order valence-corrected chi connectivity index (χ0v) is 15.7. The molecule has 26 heavy (non-hydrogen) atoms. The Morgan fingerprint density at radius 1 is 1.23 bits per heavy atom. The summed E-state index contributed by atoms with van der Waals surface area (Å²) in [6, 6.07) is 10.6. The second-order valence-corrected chi connectivity index (χ2v) is 8.46. The number of hydrogen-bond donors (Lipinski definition) is 0. The lowest BCUT2D eigenvalue weighted by Crippen LogP contribution is -2.36. The van der Waals surface area contributed by atoms with Crippen LogP contribution in [0.3, 0.4) is 0 Å². The van der Waals surface area contributed by atoms with Crippen LogP contribution in [-0.2, 0) is 23.0 Å². The van der Waals surface area contributed by atoms with Crippen molar-refractivity contribution in [2.45, 2.75) is 44.7 Å². The third kappa shape index (κ3) is 2.30. The molecule has 1 aliphatic heterocycles. The fourth-order valence-electron chi connectivity index (χ4n) is 3.78. The first kappa shape index (κ1) is 16.9. The van der Waals surface area contributed by atoms with Gasteiger partial charge < -0.3 is 4.42 Å². The van der Waals surface area contributed by atoms with Crippen molar-refractivity contribution in [2.24, 2.45) is 0 Å². The first-order valence-electron chi connectivity index (χ1n) is 8.61. The lowest BCUT2D eigenvalue weighted by Gasteiger charge is -2.25. The molecule has 136 valence electrons. The van der Waals surface area contributed by atoms with Gasteiger partial charge in [-0.15, -0.1) is 0 Å². The third-order valence-electron chi connectivity index (χ3n) is 4.96. The summed E-state index contributed by atoms with van der Waals surface area (Å²) >= 11 is 0. The fraction of sp³-hybridized carbons (Fsp3) is 0.316. The summed E-state index contributed by atoms with van der Waals surface area (Å²) in [4.78, 5) is 12.1. The zero-order valence-electron chi connectivity index (χ0n) is 14.9. The van der Waals surface area contributed by atoms with E-state index in [4.69, 9.17) is 4.42 Å². The van der Waals surface area contributed by atoms with Gasteiger partial charge in [0.15, 0.2) is 5.58 Å². The SMILES string of the molecule is CCn1c(=O)oc2cc(S(=O)(=O)N3c4ccccc4CC3C)c(C)cc21. The summed E-state index contributed by atoms with van der Waals surface area (Å²) in [5.41, 5.74) is 3.24. The predicted octanol–water partition coefficient (Wildman–Crippen LogP) is 3.06. The van der Waals surface area contributed by atoms with Crippen LogP contribution >= 0.6 is 0 Å². The number of benzene rings is 2. The van der Waals surface area contributed by atoms with Gasteiger partial charge in [0.1, 0.15) is 0 Å². The van der Waals surface area contributed by atoms with E-state index in [0.717, 1.165) is 5.56 Å². The molecule has 0 saturated carbocycles. The molecule has 1 unspecified atom stereocenters. The molecule has 0 bridgehead atoms. The van der Waals surface area contributed by atoms with Crippen molar-refractivity contribution in [1.82, 2.24) is 4.57 Å². The Bertz CT molecular complexity index is 1170. The van der Waals surface area contributed by atoms with Crippen molar-refractivity contribution < 1.29 is 12.8 Å². The molecular formula is C19H20N2O4S. The minimum Gasteiger partial charge on any atom is -0.408 e. The van der Waals surface area contributed by atoms with Gasteiger partial charge in [-0.05, 0) is 50.5 Å². The summed E-state index contributed by atoms with van der Waals surface area (Å²) in [6.45, 7) is 5.96. The van der Waals surface area contributed by atoms with Crippen LogP contribution < -0.4 is 10.1 Å². The van der Waals surface area contributed by atoms with Gasteiger partial charge in [-0.3, -0.25) is 8.87 Å². The lowest BCUT2D eigenvalue weighted by molar-refractivity contribution is 0.512. The molecule has 1 aliphatic rings. The Morgan fingerprint density at radius 2 is 1.96 bits per heavy atom. The second-order valence-electron chi connectivity index (χ2n) is 6.68. The summed E-state index contributed by atoms with van der Waals surface area (Å²) in [5, 5.41) is 0. The second kappa shape index (κ2) is 5.74. The molecule has 0 radical (unpaired) electrons. The summed E-state index contributed by atoms with van der Waals surface area (Å²) in [7, 11) is -3.77. The maximum atomic E-state index is 13.4.